The third-order valence-corrected chi connectivity index (χ3v) is 4.91. The first-order valence-electron chi connectivity index (χ1n) is 8.24. The fourth-order valence-electron chi connectivity index (χ4n) is 2.46. The number of carbonyl (C=O) groups is 1. The zero-order valence-electron chi connectivity index (χ0n) is 14.7. The van der Waals surface area contributed by atoms with Crippen LogP contribution >= 0.6 is 11.8 Å². The number of ether oxygens (including phenoxy) is 1. The number of nitro benzene ring substituents is 1. The number of benzene rings is 2. The van der Waals surface area contributed by atoms with Crippen molar-refractivity contribution in [1.82, 2.24) is 14.8 Å². The maximum absolute atomic E-state index is 13.7. The van der Waals surface area contributed by atoms with Gasteiger partial charge in [0.25, 0.3) is 5.69 Å². The molecule has 0 saturated carbocycles. The number of halogens is 1. The molecule has 10 heteroatoms. The minimum Gasteiger partial charge on any atom is -0.483 e. The minimum absolute atomic E-state index is 0.0170. The van der Waals surface area contributed by atoms with Gasteiger partial charge in [-0.2, -0.15) is 0 Å². The van der Waals surface area contributed by atoms with Crippen LogP contribution < -0.4 is 4.74 Å². The van der Waals surface area contributed by atoms with Crippen molar-refractivity contribution < 1.29 is 18.8 Å². The van der Waals surface area contributed by atoms with Crippen molar-refractivity contribution in [2.75, 3.05) is 0 Å². The highest BCUT2D eigenvalue weighted by atomic mass is 32.2. The Hall–Kier alpha value is -3.27. The number of para-hydroxylation sites is 1. The standard InChI is InChI=1S/C18H15FN4O4S/c1-2-22-17(11-27-15-6-4-3-5-14(15)19)20-21-18(22)28-16-8-7-13(23(25)26)9-12(16)10-24/h3-10H,2,11H2,1H3. The summed E-state index contributed by atoms with van der Waals surface area (Å²) in [7, 11) is 0. The second-order valence-electron chi connectivity index (χ2n) is 5.56. The lowest BCUT2D eigenvalue weighted by Gasteiger charge is -2.10. The molecule has 0 saturated heterocycles. The van der Waals surface area contributed by atoms with E-state index in [-0.39, 0.29) is 23.6 Å². The van der Waals surface area contributed by atoms with E-state index < -0.39 is 10.7 Å². The van der Waals surface area contributed by atoms with E-state index in [1.165, 1.54) is 30.3 Å². The molecule has 28 heavy (non-hydrogen) atoms. The number of rotatable bonds is 8. The molecule has 0 aliphatic heterocycles. The van der Waals surface area contributed by atoms with Gasteiger partial charge in [0.15, 0.2) is 28.8 Å². The van der Waals surface area contributed by atoms with E-state index in [9.17, 15) is 19.3 Å². The van der Waals surface area contributed by atoms with Gasteiger partial charge in [-0.05, 0) is 36.9 Å². The number of nitro groups is 1. The number of aldehydes is 1. The lowest BCUT2D eigenvalue weighted by atomic mass is 10.2. The number of hydrogen-bond acceptors (Lipinski definition) is 7. The zero-order valence-corrected chi connectivity index (χ0v) is 15.6. The highest BCUT2D eigenvalue weighted by Gasteiger charge is 2.17. The number of aromatic nitrogens is 3. The molecule has 1 aromatic heterocycles. The summed E-state index contributed by atoms with van der Waals surface area (Å²) in [6.07, 6.45) is 0.560. The molecule has 0 amide bonds. The van der Waals surface area contributed by atoms with E-state index in [2.05, 4.69) is 10.2 Å². The summed E-state index contributed by atoms with van der Waals surface area (Å²) >= 11 is 1.16. The summed E-state index contributed by atoms with van der Waals surface area (Å²) in [4.78, 5) is 22.1. The van der Waals surface area contributed by atoms with Crippen LogP contribution in [0.25, 0.3) is 0 Å². The van der Waals surface area contributed by atoms with Crippen LogP contribution in [0.2, 0.25) is 0 Å². The summed E-state index contributed by atoms with van der Waals surface area (Å²) in [5, 5.41) is 19.5. The molecular weight excluding hydrogens is 387 g/mol. The summed E-state index contributed by atoms with van der Waals surface area (Å²) in [5.41, 5.74) is 0.0244. The van der Waals surface area contributed by atoms with E-state index in [4.69, 9.17) is 4.74 Å². The Morgan fingerprint density at radius 1 is 1.29 bits per heavy atom. The van der Waals surface area contributed by atoms with Crippen LogP contribution in [-0.4, -0.2) is 26.0 Å². The van der Waals surface area contributed by atoms with Gasteiger partial charge in [-0.15, -0.1) is 10.2 Å². The van der Waals surface area contributed by atoms with E-state index in [1.807, 2.05) is 6.92 Å². The Balaban J connectivity index is 1.81. The molecule has 0 N–H and O–H groups in total. The fourth-order valence-corrected chi connectivity index (χ4v) is 3.44. The van der Waals surface area contributed by atoms with Crippen LogP contribution in [0.4, 0.5) is 10.1 Å². The van der Waals surface area contributed by atoms with E-state index >= 15 is 0 Å². The smallest absolute Gasteiger partial charge is 0.270 e. The Morgan fingerprint density at radius 3 is 2.75 bits per heavy atom. The molecule has 144 valence electrons. The molecule has 2 aromatic carbocycles. The Labute approximate surface area is 163 Å². The molecule has 0 aliphatic carbocycles. The molecule has 1 heterocycles. The van der Waals surface area contributed by atoms with Crippen LogP contribution in [0.1, 0.15) is 23.1 Å². The quantitative estimate of drug-likeness (QED) is 0.320. The van der Waals surface area contributed by atoms with Crippen LogP contribution in [0.15, 0.2) is 52.5 Å². The summed E-state index contributed by atoms with van der Waals surface area (Å²) in [6, 6.07) is 10.1. The lowest BCUT2D eigenvalue weighted by Crippen LogP contribution is -2.07. The molecular formula is C18H15FN4O4S. The Bertz CT molecular complexity index is 1020. The van der Waals surface area contributed by atoms with Gasteiger partial charge in [0, 0.05) is 29.1 Å². The van der Waals surface area contributed by atoms with Crippen LogP contribution in [0.3, 0.4) is 0 Å². The van der Waals surface area contributed by atoms with Crippen molar-refractivity contribution in [2.45, 2.75) is 30.1 Å². The summed E-state index contributed by atoms with van der Waals surface area (Å²) < 4.78 is 20.9. The average molecular weight is 402 g/mol. The van der Waals surface area contributed by atoms with Gasteiger partial charge < -0.3 is 9.30 Å². The molecule has 0 fully saturated rings. The maximum Gasteiger partial charge on any atom is 0.270 e. The monoisotopic (exact) mass is 402 g/mol. The number of nitrogens with zero attached hydrogens (tertiary/aromatic N) is 4. The van der Waals surface area contributed by atoms with Gasteiger partial charge in [0.1, 0.15) is 6.61 Å². The largest absolute Gasteiger partial charge is 0.483 e. The van der Waals surface area contributed by atoms with E-state index in [0.29, 0.717) is 28.7 Å². The molecule has 3 aromatic rings. The number of carbonyl (C=O) groups excluding carboxylic acids is 1. The third kappa shape index (κ3) is 4.17. The van der Waals surface area contributed by atoms with Crippen molar-refractivity contribution in [3.05, 3.63) is 69.8 Å². The second kappa shape index (κ2) is 8.61. The Kier molecular flexibility index (Phi) is 5.99. The van der Waals surface area contributed by atoms with Crippen LogP contribution in [0, 0.1) is 15.9 Å². The highest BCUT2D eigenvalue weighted by molar-refractivity contribution is 7.99. The SMILES string of the molecule is CCn1c(COc2ccccc2F)nnc1Sc1ccc([N+](=O)[O-])cc1C=O. The van der Waals surface area contributed by atoms with Crippen molar-refractivity contribution in [3.8, 4) is 5.75 Å². The topological polar surface area (TPSA) is 100 Å². The van der Waals surface area contributed by atoms with Crippen LogP contribution in [-0.2, 0) is 13.2 Å². The molecule has 0 unspecified atom stereocenters. The average Bonchev–Trinajstić information content (AvgIpc) is 3.09. The maximum atomic E-state index is 13.7. The van der Waals surface area contributed by atoms with Gasteiger partial charge in [-0.25, -0.2) is 4.39 Å². The molecule has 0 bridgehead atoms. The van der Waals surface area contributed by atoms with E-state index in [0.717, 1.165) is 11.8 Å². The van der Waals surface area contributed by atoms with Gasteiger partial charge in [0.2, 0.25) is 0 Å². The highest BCUT2D eigenvalue weighted by Crippen LogP contribution is 2.31. The summed E-state index contributed by atoms with van der Waals surface area (Å²) in [5.74, 6) is 0.130. The first kappa shape index (κ1) is 19.5. The van der Waals surface area contributed by atoms with Crippen molar-refractivity contribution in [3.63, 3.8) is 0 Å². The first-order valence-corrected chi connectivity index (χ1v) is 9.06. The third-order valence-electron chi connectivity index (χ3n) is 3.84. The molecule has 0 spiro atoms. The first-order chi connectivity index (χ1) is 13.5. The van der Waals surface area contributed by atoms with Gasteiger partial charge in [0.05, 0.1) is 4.92 Å². The Morgan fingerprint density at radius 2 is 2.07 bits per heavy atom. The predicted octanol–water partition coefficient (Wildman–Crippen LogP) is 3.89. The number of hydrogen-bond donors (Lipinski definition) is 0. The van der Waals surface area contributed by atoms with Crippen molar-refractivity contribution in [1.29, 1.82) is 0 Å². The molecule has 0 radical (unpaired) electrons. The second-order valence-corrected chi connectivity index (χ2v) is 6.57. The van der Waals surface area contributed by atoms with Gasteiger partial charge in [-0.3, -0.25) is 14.9 Å². The van der Waals surface area contributed by atoms with Crippen molar-refractivity contribution >= 4 is 23.7 Å². The van der Waals surface area contributed by atoms with Gasteiger partial charge >= 0.3 is 0 Å². The molecule has 0 atom stereocenters. The minimum atomic E-state index is -0.561. The molecule has 0 aliphatic rings. The normalized spacial score (nSPS) is 10.6. The number of non-ortho nitro benzene ring substituents is 1. The van der Waals surface area contributed by atoms with E-state index in [1.54, 1.807) is 16.7 Å². The summed E-state index contributed by atoms with van der Waals surface area (Å²) in [6.45, 7) is 2.42. The lowest BCUT2D eigenvalue weighted by molar-refractivity contribution is -0.384. The van der Waals surface area contributed by atoms with Crippen molar-refractivity contribution in [2.24, 2.45) is 0 Å². The zero-order chi connectivity index (χ0) is 20.1. The van der Waals surface area contributed by atoms with Gasteiger partial charge in [-0.1, -0.05) is 12.1 Å². The molecule has 3 rings (SSSR count). The predicted molar refractivity (Wildman–Crippen MR) is 99.0 cm³/mol. The fraction of sp³-hybridized carbons (Fsp3) is 0.167. The molecule has 8 nitrogen and oxygen atoms in total. The van der Waals surface area contributed by atoms with Crippen LogP contribution in [0.5, 0.6) is 5.75 Å².